The molecule has 16 heavy (non-hydrogen) atoms. The Morgan fingerprint density at radius 1 is 1.31 bits per heavy atom. The third kappa shape index (κ3) is 1.32. The van der Waals surface area contributed by atoms with E-state index in [4.69, 9.17) is 11.6 Å². The number of hydrogen-bond acceptors (Lipinski definition) is 2. The largest absolute Gasteiger partial charge is 0.393 e. The first kappa shape index (κ1) is 11.0. The van der Waals surface area contributed by atoms with E-state index in [1.165, 1.54) is 0 Å². The molecule has 3 rings (SSSR count). The second-order valence-electron chi connectivity index (χ2n) is 5.84. The molecule has 0 aromatic heterocycles. The van der Waals surface area contributed by atoms with Gasteiger partial charge in [-0.1, -0.05) is 0 Å². The Morgan fingerprint density at radius 3 is 2.62 bits per heavy atom. The Kier molecular flexibility index (Phi) is 2.56. The van der Waals surface area contributed by atoms with Crippen LogP contribution in [-0.2, 0) is 4.79 Å². The molecule has 0 radical (unpaired) electrons. The van der Waals surface area contributed by atoms with Gasteiger partial charge < -0.3 is 5.11 Å². The lowest BCUT2D eigenvalue weighted by Gasteiger charge is -2.37. The first-order chi connectivity index (χ1) is 7.61. The van der Waals surface area contributed by atoms with Crippen molar-refractivity contribution >= 4 is 17.4 Å². The second kappa shape index (κ2) is 3.71. The Hall–Kier alpha value is -0.0800. The van der Waals surface area contributed by atoms with Crippen molar-refractivity contribution in [1.29, 1.82) is 0 Å². The summed E-state index contributed by atoms with van der Waals surface area (Å²) in [5.74, 6) is 2.18. The van der Waals surface area contributed by atoms with Gasteiger partial charge in [0.25, 0.3) is 0 Å². The van der Waals surface area contributed by atoms with E-state index in [1.807, 2.05) is 6.92 Å². The van der Waals surface area contributed by atoms with E-state index in [-0.39, 0.29) is 23.3 Å². The van der Waals surface area contributed by atoms with Crippen LogP contribution in [0.3, 0.4) is 0 Å². The number of carbonyl (C=O) groups is 1. The fourth-order valence-electron chi connectivity index (χ4n) is 4.82. The van der Waals surface area contributed by atoms with Crippen molar-refractivity contribution in [3.63, 3.8) is 0 Å². The zero-order chi connectivity index (χ0) is 11.4. The van der Waals surface area contributed by atoms with Gasteiger partial charge in [0.2, 0.25) is 0 Å². The van der Waals surface area contributed by atoms with Crippen LogP contribution in [-0.4, -0.2) is 22.4 Å². The van der Waals surface area contributed by atoms with Crippen molar-refractivity contribution in [2.45, 2.75) is 44.1 Å². The van der Waals surface area contributed by atoms with Gasteiger partial charge in [0.15, 0.2) is 0 Å². The van der Waals surface area contributed by atoms with Crippen molar-refractivity contribution in [2.24, 2.45) is 29.6 Å². The normalized spacial score (nSPS) is 52.8. The summed E-state index contributed by atoms with van der Waals surface area (Å²) in [5.41, 5.74) is 0. The highest BCUT2D eigenvalue weighted by Gasteiger charge is 2.60. The molecule has 3 aliphatic carbocycles. The van der Waals surface area contributed by atoms with Crippen LogP contribution in [0.2, 0.25) is 0 Å². The Morgan fingerprint density at radius 2 is 2.00 bits per heavy atom. The van der Waals surface area contributed by atoms with E-state index in [2.05, 4.69) is 0 Å². The molecule has 7 atom stereocenters. The van der Waals surface area contributed by atoms with Gasteiger partial charge in [-0.2, -0.15) is 0 Å². The molecule has 2 nitrogen and oxygen atoms in total. The maximum absolute atomic E-state index is 12.0. The first-order valence-corrected chi connectivity index (χ1v) is 6.89. The number of ketones is 1. The lowest BCUT2D eigenvalue weighted by molar-refractivity contribution is -0.133. The van der Waals surface area contributed by atoms with E-state index in [0.29, 0.717) is 36.4 Å². The van der Waals surface area contributed by atoms with Gasteiger partial charge >= 0.3 is 0 Å². The fourth-order valence-corrected chi connectivity index (χ4v) is 5.19. The Bertz CT molecular complexity index is 315. The standard InChI is InChI=1S/C13H19ClO2/c1-6(14)11-7-2-3-8(11)13-10(16)5-4-9(15)12(7)13/h6-9,11-13,15H,2-5H2,1H3/t6?,7-,8+,9+,11-,12-,13+/m1/s1. The average Bonchev–Trinajstić information content (AvgIpc) is 2.79. The summed E-state index contributed by atoms with van der Waals surface area (Å²) in [6, 6.07) is 0. The predicted molar refractivity (Wildman–Crippen MR) is 62.2 cm³/mol. The zero-order valence-electron chi connectivity index (χ0n) is 9.60. The monoisotopic (exact) mass is 242 g/mol. The van der Waals surface area contributed by atoms with Crippen molar-refractivity contribution < 1.29 is 9.90 Å². The van der Waals surface area contributed by atoms with E-state index in [1.54, 1.807) is 0 Å². The van der Waals surface area contributed by atoms with Crippen molar-refractivity contribution in [1.82, 2.24) is 0 Å². The van der Waals surface area contributed by atoms with Gasteiger partial charge in [-0.05, 0) is 49.9 Å². The zero-order valence-corrected chi connectivity index (χ0v) is 10.4. The van der Waals surface area contributed by atoms with Gasteiger partial charge in [0.05, 0.1) is 6.10 Å². The molecule has 1 unspecified atom stereocenters. The number of halogens is 1. The highest BCUT2D eigenvalue weighted by molar-refractivity contribution is 6.20. The van der Waals surface area contributed by atoms with Crippen LogP contribution in [0.1, 0.15) is 32.6 Å². The Balaban J connectivity index is 1.94. The third-order valence-corrected chi connectivity index (χ3v) is 5.52. The van der Waals surface area contributed by atoms with Crippen LogP contribution in [0.15, 0.2) is 0 Å². The number of carbonyl (C=O) groups excluding carboxylic acids is 1. The average molecular weight is 243 g/mol. The molecule has 3 saturated carbocycles. The summed E-state index contributed by atoms with van der Waals surface area (Å²) in [4.78, 5) is 12.0. The number of fused-ring (bicyclic) bond motifs is 5. The van der Waals surface area contributed by atoms with E-state index >= 15 is 0 Å². The number of rotatable bonds is 1. The number of aliphatic hydroxyl groups excluding tert-OH is 1. The summed E-state index contributed by atoms with van der Waals surface area (Å²) in [5, 5.41) is 10.3. The molecule has 0 amide bonds. The van der Waals surface area contributed by atoms with Gasteiger partial charge in [-0.15, -0.1) is 11.6 Å². The summed E-state index contributed by atoms with van der Waals surface area (Å²) in [6.45, 7) is 2.05. The number of aliphatic hydroxyl groups is 1. The van der Waals surface area contributed by atoms with E-state index in [0.717, 1.165) is 12.8 Å². The Labute approximate surface area is 101 Å². The van der Waals surface area contributed by atoms with Crippen LogP contribution in [0.4, 0.5) is 0 Å². The summed E-state index contributed by atoms with van der Waals surface area (Å²) >= 11 is 6.28. The summed E-state index contributed by atoms with van der Waals surface area (Å²) in [6.07, 6.45) is 3.31. The van der Waals surface area contributed by atoms with Crippen LogP contribution >= 0.6 is 11.6 Å². The minimum Gasteiger partial charge on any atom is -0.393 e. The minimum atomic E-state index is -0.254. The molecular formula is C13H19ClO2. The number of alkyl halides is 1. The van der Waals surface area contributed by atoms with Gasteiger partial charge in [-0.3, -0.25) is 4.79 Å². The van der Waals surface area contributed by atoms with Crippen LogP contribution in [0.25, 0.3) is 0 Å². The lowest BCUT2D eigenvalue weighted by atomic mass is 9.69. The van der Waals surface area contributed by atoms with Gasteiger partial charge in [-0.25, -0.2) is 0 Å². The second-order valence-corrected chi connectivity index (χ2v) is 6.52. The van der Waals surface area contributed by atoms with Gasteiger partial charge in [0, 0.05) is 17.7 Å². The van der Waals surface area contributed by atoms with Crippen molar-refractivity contribution in [3.05, 3.63) is 0 Å². The molecule has 3 heteroatoms. The fraction of sp³-hybridized carbons (Fsp3) is 0.923. The molecule has 0 heterocycles. The van der Waals surface area contributed by atoms with Crippen LogP contribution in [0.5, 0.6) is 0 Å². The molecule has 0 aromatic rings. The molecule has 0 spiro atoms. The van der Waals surface area contributed by atoms with Crippen LogP contribution in [0, 0.1) is 29.6 Å². The van der Waals surface area contributed by atoms with Gasteiger partial charge in [0.1, 0.15) is 5.78 Å². The molecule has 3 fully saturated rings. The molecule has 1 N–H and O–H groups in total. The first-order valence-electron chi connectivity index (χ1n) is 6.46. The van der Waals surface area contributed by atoms with Crippen LogP contribution < -0.4 is 0 Å². The van der Waals surface area contributed by atoms with E-state index in [9.17, 15) is 9.90 Å². The maximum atomic E-state index is 12.0. The number of hydrogen-bond donors (Lipinski definition) is 1. The molecule has 0 aliphatic heterocycles. The minimum absolute atomic E-state index is 0.133. The van der Waals surface area contributed by atoms with Crippen molar-refractivity contribution in [2.75, 3.05) is 0 Å². The molecule has 0 saturated heterocycles. The maximum Gasteiger partial charge on any atom is 0.136 e. The topological polar surface area (TPSA) is 37.3 Å². The summed E-state index contributed by atoms with van der Waals surface area (Å²) < 4.78 is 0. The molecule has 90 valence electrons. The van der Waals surface area contributed by atoms with E-state index < -0.39 is 0 Å². The highest BCUT2D eigenvalue weighted by atomic mass is 35.5. The third-order valence-electron chi connectivity index (χ3n) is 5.23. The quantitative estimate of drug-likeness (QED) is 0.716. The number of Topliss-reactive ketones (excluding diaryl/α,β-unsaturated/α-hetero) is 1. The molecular weight excluding hydrogens is 224 g/mol. The molecule has 3 aliphatic rings. The lowest BCUT2D eigenvalue weighted by Crippen LogP contribution is -2.41. The van der Waals surface area contributed by atoms with Crippen molar-refractivity contribution in [3.8, 4) is 0 Å². The predicted octanol–water partition coefficient (Wildman–Crippen LogP) is 2.23. The molecule has 2 bridgehead atoms. The SMILES string of the molecule is CC(Cl)[C@H]1[C@@H]2CC[C@H]1[C@H]1[C@@H]2C(=O)CC[C@@H]1O. The molecule has 0 aromatic carbocycles. The summed E-state index contributed by atoms with van der Waals surface area (Å²) in [7, 11) is 0. The highest BCUT2D eigenvalue weighted by Crippen LogP contribution is 2.61. The smallest absolute Gasteiger partial charge is 0.136 e.